The molecule has 1 amide bonds. The smallest absolute Gasteiger partial charge is 0.262 e. The molecule has 0 aromatic heterocycles. The lowest BCUT2D eigenvalue weighted by molar-refractivity contribution is -0.118. The summed E-state index contributed by atoms with van der Waals surface area (Å²) in [5.41, 5.74) is 8.59. The minimum absolute atomic E-state index is 0.0436. The average Bonchev–Trinajstić information content (AvgIpc) is 2.48. The number of hydrogen-bond acceptors (Lipinski definition) is 3. The number of amides is 1. The van der Waals surface area contributed by atoms with Gasteiger partial charge < -0.3 is 15.8 Å². The number of para-hydroxylation sites is 2. The van der Waals surface area contributed by atoms with Crippen LogP contribution < -0.4 is 15.8 Å². The van der Waals surface area contributed by atoms with Crippen LogP contribution in [0.15, 0.2) is 48.5 Å². The van der Waals surface area contributed by atoms with E-state index in [1.165, 1.54) is 0 Å². The van der Waals surface area contributed by atoms with Gasteiger partial charge in [-0.3, -0.25) is 4.79 Å². The quantitative estimate of drug-likeness (QED) is 0.887. The Hall–Kier alpha value is -2.33. The zero-order valence-corrected chi connectivity index (χ0v) is 12.3. The number of rotatable bonds is 5. The fourth-order valence-corrected chi connectivity index (χ4v) is 2.03. The van der Waals surface area contributed by atoms with E-state index < -0.39 is 0 Å². The molecule has 0 fully saturated rings. The molecule has 0 saturated heterocycles. The predicted molar refractivity (Wildman–Crippen MR) is 84.3 cm³/mol. The van der Waals surface area contributed by atoms with E-state index in [4.69, 9.17) is 10.5 Å². The van der Waals surface area contributed by atoms with E-state index >= 15 is 0 Å². The number of ether oxygens (including phenoxy) is 1. The van der Waals surface area contributed by atoms with Gasteiger partial charge in [-0.1, -0.05) is 36.4 Å². The summed E-state index contributed by atoms with van der Waals surface area (Å²) in [5, 5.41) is 2.83. The Bertz CT molecular complexity index is 624. The Balaban J connectivity index is 1.97. The third-order valence-electron chi connectivity index (χ3n) is 3.19. The SMILES string of the molecule is Cc1ccccc1NC(=O)COc1ccccc1[C@H](C)N. The number of carbonyl (C=O) groups is 1. The van der Waals surface area contributed by atoms with E-state index in [1.807, 2.05) is 62.4 Å². The zero-order chi connectivity index (χ0) is 15.2. The molecule has 1 atom stereocenters. The van der Waals surface area contributed by atoms with Gasteiger partial charge in [0.05, 0.1) is 0 Å². The van der Waals surface area contributed by atoms with E-state index in [2.05, 4.69) is 5.32 Å². The summed E-state index contributed by atoms with van der Waals surface area (Å²) in [6, 6.07) is 15.0. The molecule has 0 aliphatic heterocycles. The van der Waals surface area contributed by atoms with Crippen LogP contribution in [-0.4, -0.2) is 12.5 Å². The summed E-state index contributed by atoms with van der Waals surface area (Å²) in [6.07, 6.45) is 0. The van der Waals surface area contributed by atoms with Crippen molar-refractivity contribution in [3.05, 3.63) is 59.7 Å². The van der Waals surface area contributed by atoms with Crippen LogP contribution in [0.1, 0.15) is 24.1 Å². The maximum absolute atomic E-state index is 12.0. The molecule has 3 N–H and O–H groups in total. The van der Waals surface area contributed by atoms with Crippen LogP contribution in [0, 0.1) is 6.92 Å². The van der Waals surface area contributed by atoms with Crippen molar-refractivity contribution in [3.8, 4) is 5.75 Å². The number of anilines is 1. The highest BCUT2D eigenvalue weighted by atomic mass is 16.5. The zero-order valence-electron chi connectivity index (χ0n) is 12.3. The van der Waals surface area contributed by atoms with Crippen LogP contribution in [0.5, 0.6) is 5.75 Å². The van der Waals surface area contributed by atoms with Gasteiger partial charge in [0.2, 0.25) is 0 Å². The first-order valence-electron chi connectivity index (χ1n) is 6.90. The number of benzene rings is 2. The van der Waals surface area contributed by atoms with Gasteiger partial charge >= 0.3 is 0 Å². The molecular formula is C17H20N2O2. The molecule has 0 spiro atoms. The Labute approximate surface area is 124 Å². The van der Waals surface area contributed by atoms with Gasteiger partial charge in [-0.05, 0) is 31.5 Å². The number of hydrogen-bond donors (Lipinski definition) is 2. The molecule has 0 aliphatic rings. The molecule has 0 heterocycles. The minimum atomic E-state index is -0.191. The lowest BCUT2D eigenvalue weighted by atomic mass is 10.1. The third kappa shape index (κ3) is 4.07. The van der Waals surface area contributed by atoms with Crippen LogP contribution >= 0.6 is 0 Å². The Kier molecular flexibility index (Phi) is 4.95. The second-order valence-electron chi connectivity index (χ2n) is 4.98. The second-order valence-corrected chi connectivity index (χ2v) is 4.98. The summed E-state index contributed by atoms with van der Waals surface area (Å²) in [6.45, 7) is 3.79. The molecule has 110 valence electrons. The molecule has 2 rings (SSSR count). The van der Waals surface area contributed by atoms with Crippen LogP contribution in [0.4, 0.5) is 5.69 Å². The van der Waals surface area contributed by atoms with Crippen molar-refractivity contribution in [2.24, 2.45) is 5.73 Å². The number of nitrogens with one attached hydrogen (secondary N) is 1. The van der Waals surface area contributed by atoms with E-state index in [0.29, 0.717) is 5.75 Å². The van der Waals surface area contributed by atoms with Gasteiger partial charge in [0.15, 0.2) is 6.61 Å². The lowest BCUT2D eigenvalue weighted by Crippen LogP contribution is -2.21. The Morgan fingerprint density at radius 1 is 1.19 bits per heavy atom. The van der Waals surface area contributed by atoms with Gasteiger partial charge in [-0.15, -0.1) is 0 Å². The van der Waals surface area contributed by atoms with Crippen molar-refractivity contribution in [2.45, 2.75) is 19.9 Å². The molecule has 0 aliphatic carbocycles. The molecular weight excluding hydrogens is 264 g/mol. The summed E-state index contributed by atoms with van der Waals surface area (Å²) in [4.78, 5) is 12.0. The van der Waals surface area contributed by atoms with Crippen LogP contribution in [0.25, 0.3) is 0 Å². The predicted octanol–water partition coefficient (Wildman–Crippen LogP) is 3.03. The van der Waals surface area contributed by atoms with E-state index in [9.17, 15) is 4.79 Å². The van der Waals surface area contributed by atoms with Crippen LogP contribution in [-0.2, 0) is 4.79 Å². The van der Waals surface area contributed by atoms with Gasteiger partial charge in [-0.25, -0.2) is 0 Å². The number of aryl methyl sites for hydroxylation is 1. The molecule has 0 radical (unpaired) electrons. The van der Waals surface area contributed by atoms with E-state index in [1.54, 1.807) is 0 Å². The largest absolute Gasteiger partial charge is 0.483 e. The fourth-order valence-electron chi connectivity index (χ4n) is 2.03. The highest BCUT2D eigenvalue weighted by molar-refractivity contribution is 5.92. The molecule has 4 heteroatoms. The summed E-state index contributed by atoms with van der Waals surface area (Å²) in [5.74, 6) is 0.455. The molecule has 0 unspecified atom stereocenters. The van der Waals surface area contributed by atoms with Crippen molar-refractivity contribution in [1.82, 2.24) is 0 Å². The summed E-state index contributed by atoms with van der Waals surface area (Å²) >= 11 is 0. The van der Waals surface area contributed by atoms with Crippen molar-refractivity contribution in [3.63, 3.8) is 0 Å². The lowest BCUT2D eigenvalue weighted by Gasteiger charge is -2.14. The highest BCUT2D eigenvalue weighted by Crippen LogP contribution is 2.23. The third-order valence-corrected chi connectivity index (χ3v) is 3.19. The molecule has 2 aromatic carbocycles. The first-order chi connectivity index (χ1) is 10.1. The maximum atomic E-state index is 12.0. The average molecular weight is 284 g/mol. The number of carbonyl (C=O) groups excluding carboxylic acids is 1. The van der Waals surface area contributed by atoms with Crippen molar-refractivity contribution < 1.29 is 9.53 Å². The van der Waals surface area contributed by atoms with Crippen molar-refractivity contribution in [2.75, 3.05) is 11.9 Å². The van der Waals surface area contributed by atoms with Crippen LogP contribution in [0.3, 0.4) is 0 Å². The second kappa shape index (κ2) is 6.90. The molecule has 4 nitrogen and oxygen atoms in total. The summed E-state index contributed by atoms with van der Waals surface area (Å²) in [7, 11) is 0. The first kappa shape index (κ1) is 15.1. The van der Waals surface area contributed by atoms with Gasteiger partial charge in [0.25, 0.3) is 5.91 Å². The van der Waals surface area contributed by atoms with Gasteiger partial charge in [0, 0.05) is 17.3 Å². The van der Waals surface area contributed by atoms with Crippen molar-refractivity contribution >= 4 is 11.6 Å². The standard InChI is InChI=1S/C17H20N2O2/c1-12-7-3-5-9-15(12)19-17(20)11-21-16-10-6-4-8-14(16)13(2)18/h3-10,13H,11,18H2,1-2H3,(H,19,20)/t13-/m0/s1. The molecule has 0 saturated carbocycles. The topological polar surface area (TPSA) is 64.3 Å². The molecule has 21 heavy (non-hydrogen) atoms. The Morgan fingerprint density at radius 2 is 1.86 bits per heavy atom. The minimum Gasteiger partial charge on any atom is -0.483 e. The maximum Gasteiger partial charge on any atom is 0.262 e. The number of nitrogens with two attached hydrogens (primary N) is 1. The monoisotopic (exact) mass is 284 g/mol. The molecule has 0 bridgehead atoms. The fraction of sp³-hybridized carbons (Fsp3) is 0.235. The van der Waals surface area contributed by atoms with Crippen molar-refractivity contribution in [1.29, 1.82) is 0 Å². The van der Waals surface area contributed by atoms with Gasteiger partial charge in [-0.2, -0.15) is 0 Å². The molecule has 2 aromatic rings. The first-order valence-corrected chi connectivity index (χ1v) is 6.90. The van der Waals surface area contributed by atoms with E-state index in [0.717, 1.165) is 16.8 Å². The summed E-state index contributed by atoms with van der Waals surface area (Å²) < 4.78 is 5.58. The van der Waals surface area contributed by atoms with Gasteiger partial charge in [0.1, 0.15) is 5.75 Å². The van der Waals surface area contributed by atoms with E-state index in [-0.39, 0.29) is 18.6 Å². The normalized spacial score (nSPS) is 11.8. The highest BCUT2D eigenvalue weighted by Gasteiger charge is 2.10. The van der Waals surface area contributed by atoms with Crippen LogP contribution in [0.2, 0.25) is 0 Å². The Morgan fingerprint density at radius 3 is 2.57 bits per heavy atom.